The molecule has 150 valence electrons. The van der Waals surface area contributed by atoms with Crippen molar-refractivity contribution in [2.24, 2.45) is 0 Å². The zero-order valence-corrected chi connectivity index (χ0v) is 17.8. The highest BCUT2D eigenvalue weighted by molar-refractivity contribution is 8.26. The maximum atomic E-state index is 12.8. The van der Waals surface area contributed by atoms with E-state index in [0.29, 0.717) is 32.9 Å². The zero-order valence-electron chi connectivity index (χ0n) is 16.1. The summed E-state index contributed by atoms with van der Waals surface area (Å²) in [5.41, 5.74) is 2.45. The van der Waals surface area contributed by atoms with Crippen LogP contribution in [0, 0.1) is 0 Å². The van der Waals surface area contributed by atoms with Gasteiger partial charge in [-0.1, -0.05) is 66.4 Å². The maximum absolute atomic E-state index is 12.8. The molecule has 0 radical (unpaired) electrons. The number of thioether (sulfide) groups is 1. The first kappa shape index (κ1) is 20.1. The Hall–Kier alpha value is -3.16. The van der Waals surface area contributed by atoms with E-state index in [0.717, 1.165) is 11.1 Å². The van der Waals surface area contributed by atoms with Crippen LogP contribution in [0.5, 0.6) is 0 Å². The highest BCUT2D eigenvalue weighted by Gasteiger charge is 2.32. The quantitative estimate of drug-likeness (QED) is 0.466. The fourth-order valence-electron chi connectivity index (χ4n) is 3.05. The third-order valence-corrected chi connectivity index (χ3v) is 5.99. The number of carbonyl (C=O) groups is 2. The average Bonchev–Trinajstić information content (AvgIpc) is 3.34. The molecule has 0 unspecified atom stereocenters. The van der Waals surface area contributed by atoms with Gasteiger partial charge in [-0.2, -0.15) is 0 Å². The molecule has 2 heterocycles. The molecule has 3 aromatic rings. The summed E-state index contributed by atoms with van der Waals surface area (Å²) >= 11 is 6.67. The van der Waals surface area contributed by atoms with Crippen LogP contribution >= 0.6 is 24.0 Å². The van der Waals surface area contributed by atoms with Gasteiger partial charge in [0, 0.05) is 24.3 Å². The second kappa shape index (κ2) is 8.69. The lowest BCUT2D eigenvalue weighted by Gasteiger charge is -2.14. The summed E-state index contributed by atoms with van der Waals surface area (Å²) in [7, 11) is 1.59. The Morgan fingerprint density at radius 2 is 1.83 bits per heavy atom. The van der Waals surface area contributed by atoms with Crippen molar-refractivity contribution < 1.29 is 14.0 Å². The Bertz CT molecular complexity index is 1130. The van der Waals surface area contributed by atoms with Crippen molar-refractivity contribution in [2.45, 2.75) is 6.54 Å². The van der Waals surface area contributed by atoms with Gasteiger partial charge < -0.3 is 9.73 Å². The van der Waals surface area contributed by atoms with Gasteiger partial charge in [-0.3, -0.25) is 14.5 Å². The molecule has 7 heteroatoms. The fourth-order valence-corrected chi connectivity index (χ4v) is 4.28. The van der Waals surface area contributed by atoms with Crippen LogP contribution in [0.15, 0.2) is 76.1 Å². The lowest BCUT2D eigenvalue weighted by molar-refractivity contribution is -0.122. The van der Waals surface area contributed by atoms with E-state index in [2.05, 4.69) is 5.32 Å². The third kappa shape index (κ3) is 4.22. The number of nitrogens with zero attached hydrogens (tertiary/aromatic N) is 1. The standard InChI is InChI=1S/C23H18N2O3S2/c1-24-21(26)17-9-7-16(8-10-17)19-12-11-18(28-19)13-20-22(27)25(23(29)30-20)14-15-5-3-2-4-6-15/h2-13H,14H2,1H3,(H,24,26)/b20-13+. The minimum absolute atomic E-state index is 0.123. The Kier molecular flexibility index (Phi) is 5.83. The van der Waals surface area contributed by atoms with Gasteiger partial charge >= 0.3 is 0 Å². The lowest BCUT2D eigenvalue weighted by atomic mass is 10.1. The summed E-state index contributed by atoms with van der Waals surface area (Å²) in [4.78, 5) is 26.6. The van der Waals surface area contributed by atoms with Crippen LogP contribution in [0.3, 0.4) is 0 Å². The van der Waals surface area contributed by atoms with Gasteiger partial charge in [0.2, 0.25) is 0 Å². The first-order chi connectivity index (χ1) is 14.5. The van der Waals surface area contributed by atoms with Crippen LogP contribution in [0.4, 0.5) is 0 Å². The van der Waals surface area contributed by atoms with Gasteiger partial charge in [-0.15, -0.1) is 0 Å². The highest BCUT2D eigenvalue weighted by atomic mass is 32.2. The number of amides is 2. The van der Waals surface area contributed by atoms with Crippen LogP contribution in [-0.4, -0.2) is 28.1 Å². The average molecular weight is 435 g/mol. The Labute approximate surface area is 183 Å². The Morgan fingerprint density at radius 1 is 1.10 bits per heavy atom. The summed E-state index contributed by atoms with van der Waals surface area (Å²) in [5.74, 6) is 0.964. The molecule has 1 fully saturated rings. The van der Waals surface area contributed by atoms with Crippen molar-refractivity contribution in [3.63, 3.8) is 0 Å². The molecule has 4 rings (SSSR count). The van der Waals surface area contributed by atoms with Crippen LogP contribution in [0.25, 0.3) is 17.4 Å². The van der Waals surface area contributed by atoms with Crippen molar-refractivity contribution in [2.75, 3.05) is 7.05 Å². The van der Waals surface area contributed by atoms with Crippen molar-refractivity contribution in [1.29, 1.82) is 0 Å². The molecule has 0 aliphatic carbocycles. The largest absolute Gasteiger partial charge is 0.457 e. The van der Waals surface area contributed by atoms with Crippen molar-refractivity contribution >= 4 is 46.2 Å². The minimum atomic E-state index is -0.140. The molecule has 1 N–H and O–H groups in total. The molecule has 30 heavy (non-hydrogen) atoms. The lowest BCUT2D eigenvalue weighted by Crippen LogP contribution is -2.27. The molecule has 0 spiro atoms. The molecule has 0 saturated carbocycles. The van der Waals surface area contributed by atoms with Gasteiger partial charge in [0.1, 0.15) is 15.8 Å². The smallest absolute Gasteiger partial charge is 0.266 e. The number of hydrogen-bond acceptors (Lipinski definition) is 5. The summed E-state index contributed by atoms with van der Waals surface area (Å²) in [6.45, 7) is 0.448. The number of rotatable bonds is 5. The highest BCUT2D eigenvalue weighted by Crippen LogP contribution is 2.34. The summed E-state index contributed by atoms with van der Waals surface area (Å²) in [5, 5.41) is 2.59. The number of benzene rings is 2. The van der Waals surface area contributed by atoms with Crippen molar-refractivity contribution in [1.82, 2.24) is 10.2 Å². The van der Waals surface area contributed by atoms with E-state index in [1.165, 1.54) is 11.8 Å². The SMILES string of the molecule is CNC(=O)c1ccc(-c2ccc(/C=C3/SC(=S)N(Cc4ccccc4)C3=O)o2)cc1. The van der Waals surface area contributed by atoms with Gasteiger partial charge in [0.05, 0.1) is 11.4 Å². The van der Waals surface area contributed by atoms with Crippen molar-refractivity contribution in [3.05, 3.63) is 88.5 Å². The van der Waals surface area contributed by atoms with Crippen LogP contribution < -0.4 is 5.32 Å². The molecule has 5 nitrogen and oxygen atoms in total. The van der Waals surface area contributed by atoms with E-state index in [9.17, 15) is 9.59 Å². The van der Waals surface area contributed by atoms with E-state index in [-0.39, 0.29) is 11.8 Å². The molecule has 2 amide bonds. The molecule has 0 atom stereocenters. The first-order valence-corrected chi connectivity index (χ1v) is 10.5. The molecule has 1 saturated heterocycles. The summed E-state index contributed by atoms with van der Waals surface area (Å²) < 4.78 is 6.43. The summed E-state index contributed by atoms with van der Waals surface area (Å²) in [6, 6.07) is 20.5. The normalized spacial score (nSPS) is 15.1. The Morgan fingerprint density at radius 3 is 2.53 bits per heavy atom. The van der Waals surface area contributed by atoms with Gasteiger partial charge in [0.15, 0.2) is 0 Å². The molecular weight excluding hydrogens is 416 g/mol. The van der Waals surface area contributed by atoms with Gasteiger partial charge in [-0.05, 0) is 29.8 Å². The second-order valence-electron chi connectivity index (χ2n) is 6.61. The molecular formula is C23H18N2O3S2. The molecule has 1 aliphatic rings. The second-order valence-corrected chi connectivity index (χ2v) is 8.29. The molecule has 2 aromatic carbocycles. The van der Waals surface area contributed by atoms with E-state index >= 15 is 0 Å². The van der Waals surface area contributed by atoms with Crippen molar-refractivity contribution in [3.8, 4) is 11.3 Å². The Balaban J connectivity index is 1.50. The molecule has 1 aromatic heterocycles. The fraction of sp³-hybridized carbons (Fsp3) is 0.0870. The van der Waals surface area contributed by atoms with Crippen LogP contribution in [-0.2, 0) is 11.3 Å². The number of carbonyl (C=O) groups excluding carboxylic acids is 2. The van der Waals surface area contributed by atoms with E-state index < -0.39 is 0 Å². The van der Waals surface area contributed by atoms with E-state index in [4.69, 9.17) is 16.6 Å². The number of thiocarbonyl (C=S) groups is 1. The van der Waals surface area contributed by atoms with Gasteiger partial charge in [0.25, 0.3) is 11.8 Å². The van der Waals surface area contributed by atoms with Crippen LogP contribution in [0.2, 0.25) is 0 Å². The molecule has 0 bridgehead atoms. The predicted octanol–water partition coefficient (Wildman–Crippen LogP) is 4.71. The maximum Gasteiger partial charge on any atom is 0.266 e. The van der Waals surface area contributed by atoms with Gasteiger partial charge in [-0.25, -0.2) is 0 Å². The van der Waals surface area contributed by atoms with Crippen LogP contribution in [0.1, 0.15) is 21.7 Å². The number of hydrogen-bond donors (Lipinski definition) is 1. The number of nitrogens with one attached hydrogen (secondary N) is 1. The number of furan rings is 1. The van der Waals surface area contributed by atoms with E-state index in [1.54, 1.807) is 30.2 Å². The predicted molar refractivity (Wildman–Crippen MR) is 123 cm³/mol. The van der Waals surface area contributed by atoms with E-state index in [1.807, 2.05) is 54.6 Å². The first-order valence-electron chi connectivity index (χ1n) is 9.27. The zero-order chi connectivity index (χ0) is 21.1. The minimum Gasteiger partial charge on any atom is -0.457 e. The molecule has 1 aliphatic heterocycles. The topological polar surface area (TPSA) is 62.6 Å². The summed E-state index contributed by atoms with van der Waals surface area (Å²) in [6.07, 6.45) is 1.71. The monoisotopic (exact) mass is 434 g/mol. The third-order valence-electron chi connectivity index (χ3n) is 4.62.